The van der Waals surface area contributed by atoms with E-state index in [1.54, 1.807) is 6.33 Å². The molecule has 132 valence electrons. The Morgan fingerprint density at radius 2 is 2.12 bits per heavy atom. The zero-order valence-electron chi connectivity index (χ0n) is 15.0. The molecule has 1 aliphatic rings. The molecule has 0 amide bonds. The Labute approximate surface area is 151 Å². The van der Waals surface area contributed by atoms with Gasteiger partial charge < -0.3 is 10.2 Å². The maximum Gasteiger partial charge on any atom is 0.138 e. The fourth-order valence-electron chi connectivity index (χ4n) is 3.63. The molecule has 1 aliphatic carbocycles. The Morgan fingerprint density at radius 3 is 2.88 bits per heavy atom. The third-order valence-electron chi connectivity index (χ3n) is 4.95. The van der Waals surface area contributed by atoms with Crippen LogP contribution in [0.1, 0.15) is 34.9 Å². The van der Waals surface area contributed by atoms with Gasteiger partial charge in [-0.15, -0.1) is 11.3 Å². The minimum atomic E-state index is 0.244. The average Bonchev–Trinajstić information content (AvgIpc) is 3.18. The van der Waals surface area contributed by atoms with Crippen molar-refractivity contribution in [2.24, 2.45) is 7.05 Å². The molecule has 25 heavy (non-hydrogen) atoms. The lowest BCUT2D eigenvalue weighted by Crippen LogP contribution is -2.27. The Morgan fingerprint density at radius 1 is 1.28 bits per heavy atom. The second kappa shape index (κ2) is 6.72. The van der Waals surface area contributed by atoms with Gasteiger partial charge in [-0.2, -0.15) is 5.10 Å². The minimum Gasteiger partial charge on any atom is -0.367 e. The van der Waals surface area contributed by atoms with E-state index in [1.807, 2.05) is 29.3 Å². The van der Waals surface area contributed by atoms with E-state index < -0.39 is 0 Å². The molecule has 0 aromatic carbocycles. The van der Waals surface area contributed by atoms with Crippen LogP contribution in [0.15, 0.2) is 18.7 Å². The maximum absolute atomic E-state index is 4.56. The highest BCUT2D eigenvalue weighted by molar-refractivity contribution is 7.19. The smallest absolute Gasteiger partial charge is 0.138 e. The van der Waals surface area contributed by atoms with Crippen LogP contribution in [-0.2, 0) is 19.9 Å². The molecule has 0 fully saturated rings. The molecule has 0 saturated heterocycles. The van der Waals surface area contributed by atoms with E-state index in [2.05, 4.69) is 45.6 Å². The number of nitrogens with one attached hydrogen (secondary N) is 1. The van der Waals surface area contributed by atoms with Crippen molar-refractivity contribution < 1.29 is 0 Å². The number of aromatic nitrogens is 4. The van der Waals surface area contributed by atoms with Gasteiger partial charge in [0.05, 0.1) is 17.6 Å². The summed E-state index contributed by atoms with van der Waals surface area (Å²) in [6.45, 7) is 0.787. The predicted octanol–water partition coefficient (Wildman–Crippen LogP) is 3.02. The second-order valence-electron chi connectivity index (χ2n) is 6.92. The first-order chi connectivity index (χ1) is 12.1. The molecular formula is C18H24N6S. The molecule has 7 heteroatoms. The van der Waals surface area contributed by atoms with Crippen LogP contribution in [0.3, 0.4) is 0 Å². The van der Waals surface area contributed by atoms with E-state index in [-0.39, 0.29) is 6.04 Å². The maximum atomic E-state index is 4.56. The van der Waals surface area contributed by atoms with E-state index in [4.69, 9.17) is 0 Å². The first-order valence-electron chi connectivity index (χ1n) is 8.77. The molecule has 3 heterocycles. The molecule has 0 bridgehead atoms. The summed E-state index contributed by atoms with van der Waals surface area (Å²) in [5.74, 6) is 0.972. The van der Waals surface area contributed by atoms with Gasteiger partial charge in [0.15, 0.2) is 0 Å². The Kier molecular flexibility index (Phi) is 4.43. The molecule has 4 rings (SSSR count). The highest BCUT2D eigenvalue weighted by atomic mass is 32.1. The number of rotatable bonds is 5. The van der Waals surface area contributed by atoms with Crippen LogP contribution in [0.25, 0.3) is 10.2 Å². The summed E-state index contributed by atoms with van der Waals surface area (Å²) in [6.07, 6.45) is 10.6. The van der Waals surface area contributed by atoms with Crippen molar-refractivity contribution in [1.82, 2.24) is 24.6 Å². The third-order valence-corrected chi connectivity index (χ3v) is 6.15. The van der Waals surface area contributed by atoms with Crippen LogP contribution in [0.5, 0.6) is 0 Å². The number of thiophene rings is 1. The summed E-state index contributed by atoms with van der Waals surface area (Å²) in [5.41, 5.74) is 2.68. The quantitative estimate of drug-likeness (QED) is 0.761. The van der Waals surface area contributed by atoms with Gasteiger partial charge in [0.1, 0.15) is 17.0 Å². The summed E-state index contributed by atoms with van der Waals surface area (Å²) in [7, 11) is 6.15. The zero-order chi connectivity index (χ0) is 17.4. The molecular weight excluding hydrogens is 332 g/mol. The van der Waals surface area contributed by atoms with Crippen LogP contribution in [0.4, 0.5) is 5.82 Å². The largest absolute Gasteiger partial charge is 0.367 e. The number of nitrogens with zero attached hydrogens (tertiary/aromatic N) is 5. The normalized spacial score (nSPS) is 15.5. The van der Waals surface area contributed by atoms with Gasteiger partial charge in [-0.05, 0) is 45.3 Å². The predicted molar refractivity (Wildman–Crippen MR) is 102 cm³/mol. The zero-order valence-corrected chi connectivity index (χ0v) is 15.8. The second-order valence-corrected chi connectivity index (χ2v) is 8.00. The van der Waals surface area contributed by atoms with E-state index in [9.17, 15) is 0 Å². The van der Waals surface area contributed by atoms with Crippen LogP contribution >= 0.6 is 11.3 Å². The molecule has 0 spiro atoms. The number of hydrogen-bond acceptors (Lipinski definition) is 6. The number of likely N-dealkylation sites (N-methyl/N-ethyl adjacent to an activating group) is 1. The highest BCUT2D eigenvalue weighted by Crippen LogP contribution is 2.38. The average molecular weight is 356 g/mol. The Balaban J connectivity index is 1.63. The van der Waals surface area contributed by atoms with Crippen molar-refractivity contribution in [2.45, 2.75) is 31.7 Å². The van der Waals surface area contributed by atoms with Gasteiger partial charge in [0.25, 0.3) is 0 Å². The van der Waals surface area contributed by atoms with E-state index in [0.717, 1.165) is 23.6 Å². The van der Waals surface area contributed by atoms with E-state index >= 15 is 0 Å². The van der Waals surface area contributed by atoms with Crippen molar-refractivity contribution in [1.29, 1.82) is 0 Å². The first kappa shape index (κ1) is 16.5. The van der Waals surface area contributed by atoms with Gasteiger partial charge >= 0.3 is 0 Å². The monoisotopic (exact) mass is 356 g/mol. The topological polar surface area (TPSA) is 58.9 Å². The minimum absolute atomic E-state index is 0.244. The summed E-state index contributed by atoms with van der Waals surface area (Å²) >= 11 is 1.84. The number of anilines is 1. The fraction of sp³-hybridized carbons (Fsp3) is 0.500. The molecule has 3 aromatic heterocycles. The molecule has 6 nitrogen and oxygen atoms in total. The molecule has 1 atom stereocenters. The summed E-state index contributed by atoms with van der Waals surface area (Å²) in [4.78, 5) is 13.9. The van der Waals surface area contributed by atoms with Crippen LogP contribution < -0.4 is 5.32 Å². The van der Waals surface area contributed by atoms with Gasteiger partial charge in [0, 0.05) is 30.2 Å². The van der Waals surface area contributed by atoms with Gasteiger partial charge in [-0.1, -0.05) is 0 Å². The number of fused-ring (bicyclic) bond motifs is 3. The van der Waals surface area contributed by atoms with Gasteiger partial charge in [-0.3, -0.25) is 4.68 Å². The van der Waals surface area contributed by atoms with Crippen molar-refractivity contribution >= 4 is 27.4 Å². The lowest BCUT2D eigenvalue weighted by atomic mass is 9.97. The Hall–Kier alpha value is -1.99. The van der Waals surface area contributed by atoms with Gasteiger partial charge in [-0.25, -0.2) is 9.97 Å². The Bertz CT molecular complexity index is 881. The molecule has 0 aliphatic heterocycles. The lowest BCUT2D eigenvalue weighted by molar-refractivity contribution is 0.311. The fourth-order valence-corrected chi connectivity index (χ4v) is 4.86. The van der Waals surface area contributed by atoms with Crippen molar-refractivity contribution in [3.8, 4) is 0 Å². The van der Waals surface area contributed by atoms with E-state index in [1.165, 1.54) is 40.7 Å². The molecule has 0 saturated carbocycles. The molecule has 1 N–H and O–H groups in total. The summed E-state index contributed by atoms with van der Waals surface area (Å²) in [6, 6.07) is 0.244. The lowest BCUT2D eigenvalue weighted by Gasteiger charge is -2.24. The van der Waals surface area contributed by atoms with Crippen molar-refractivity contribution in [3.05, 3.63) is 34.7 Å². The van der Waals surface area contributed by atoms with Crippen LogP contribution in [-0.4, -0.2) is 45.3 Å². The molecule has 1 unspecified atom stereocenters. The van der Waals surface area contributed by atoms with E-state index in [0.29, 0.717) is 0 Å². The van der Waals surface area contributed by atoms with Crippen molar-refractivity contribution in [3.63, 3.8) is 0 Å². The molecule has 3 aromatic rings. The molecule has 0 radical (unpaired) electrons. The summed E-state index contributed by atoms with van der Waals surface area (Å²) in [5, 5.41) is 9.14. The SMILES string of the molecule is CN(C)C(CNc1ncnc2sc3c(c12)CCCC3)c1cnn(C)c1. The number of hydrogen-bond donors (Lipinski definition) is 1. The highest BCUT2D eigenvalue weighted by Gasteiger charge is 2.21. The van der Waals surface area contributed by atoms with Gasteiger partial charge in [0.2, 0.25) is 0 Å². The first-order valence-corrected chi connectivity index (χ1v) is 9.59. The summed E-state index contributed by atoms with van der Waals surface area (Å²) < 4.78 is 1.85. The van der Waals surface area contributed by atoms with Crippen molar-refractivity contribution in [2.75, 3.05) is 26.0 Å². The number of aryl methyl sites for hydroxylation is 3. The van der Waals surface area contributed by atoms with Crippen LogP contribution in [0.2, 0.25) is 0 Å². The standard InChI is InChI=1S/C18H24N6S/c1-23(2)14(12-8-22-24(3)10-12)9-19-17-16-13-6-4-5-7-15(13)25-18(16)21-11-20-17/h8,10-11,14H,4-7,9H2,1-3H3,(H,19,20,21). The van der Waals surface area contributed by atoms with Crippen LogP contribution in [0, 0.1) is 0 Å². The third kappa shape index (κ3) is 3.14.